The fourth-order valence-corrected chi connectivity index (χ4v) is 2.33. The zero-order valence-corrected chi connectivity index (χ0v) is 11.4. The van der Waals surface area contributed by atoms with Crippen molar-refractivity contribution in [2.45, 2.75) is 32.7 Å². The van der Waals surface area contributed by atoms with E-state index in [4.69, 9.17) is 5.73 Å². The van der Waals surface area contributed by atoms with Crippen molar-refractivity contribution in [1.82, 2.24) is 9.78 Å². The fraction of sp³-hybridized carbons (Fsp3) is 0.400. The Balaban J connectivity index is 2.30. The van der Waals surface area contributed by atoms with Crippen molar-refractivity contribution in [3.63, 3.8) is 0 Å². The molecule has 2 N–H and O–H groups in total. The Hall–Kier alpha value is -1.61. The van der Waals surface area contributed by atoms with E-state index in [9.17, 15) is 0 Å². The van der Waals surface area contributed by atoms with Gasteiger partial charge in [0.15, 0.2) is 0 Å². The standard InChI is InChI=1S/C15H21N3/c1-4-6-12-7-5-8-13(9-12)15(16)14-10-18(3)17-11(14)2/h5,7-10,15H,4,6,16H2,1-3H3. The van der Waals surface area contributed by atoms with Gasteiger partial charge >= 0.3 is 0 Å². The molecule has 0 aliphatic heterocycles. The predicted molar refractivity (Wildman–Crippen MR) is 74.4 cm³/mol. The molecule has 0 bridgehead atoms. The van der Waals surface area contributed by atoms with E-state index in [1.54, 1.807) is 0 Å². The highest BCUT2D eigenvalue weighted by molar-refractivity contribution is 5.34. The van der Waals surface area contributed by atoms with E-state index in [1.165, 1.54) is 5.56 Å². The van der Waals surface area contributed by atoms with E-state index in [-0.39, 0.29) is 6.04 Å². The molecule has 0 amide bonds. The molecule has 0 aliphatic rings. The molecule has 1 heterocycles. The molecule has 0 radical (unpaired) electrons. The lowest BCUT2D eigenvalue weighted by Gasteiger charge is -2.12. The van der Waals surface area contributed by atoms with E-state index in [0.29, 0.717) is 0 Å². The van der Waals surface area contributed by atoms with Gasteiger partial charge in [0, 0.05) is 18.8 Å². The minimum Gasteiger partial charge on any atom is -0.320 e. The first-order valence-corrected chi connectivity index (χ1v) is 6.46. The van der Waals surface area contributed by atoms with Gasteiger partial charge in [-0.15, -0.1) is 0 Å². The number of nitrogens with two attached hydrogens (primary N) is 1. The molecule has 18 heavy (non-hydrogen) atoms. The average Bonchev–Trinajstić information content (AvgIpc) is 2.68. The zero-order valence-electron chi connectivity index (χ0n) is 11.4. The van der Waals surface area contributed by atoms with Crippen molar-refractivity contribution in [3.05, 3.63) is 52.8 Å². The van der Waals surface area contributed by atoms with E-state index >= 15 is 0 Å². The second-order valence-corrected chi connectivity index (χ2v) is 4.82. The van der Waals surface area contributed by atoms with Gasteiger partial charge in [0.25, 0.3) is 0 Å². The van der Waals surface area contributed by atoms with Crippen LogP contribution in [0.4, 0.5) is 0 Å². The molecule has 0 fully saturated rings. The second-order valence-electron chi connectivity index (χ2n) is 4.82. The van der Waals surface area contributed by atoms with Crippen LogP contribution in [0.3, 0.4) is 0 Å². The maximum absolute atomic E-state index is 6.34. The van der Waals surface area contributed by atoms with Crippen molar-refractivity contribution < 1.29 is 0 Å². The third kappa shape index (κ3) is 2.62. The van der Waals surface area contributed by atoms with Crippen LogP contribution in [0.2, 0.25) is 0 Å². The number of hydrogen-bond donors (Lipinski definition) is 1. The summed E-state index contributed by atoms with van der Waals surface area (Å²) in [5, 5.41) is 4.35. The first-order chi connectivity index (χ1) is 8.61. The van der Waals surface area contributed by atoms with E-state index in [2.05, 4.69) is 36.3 Å². The SMILES string of the molecule is CCCc1cccc(C(N)c2cn(C)nc2C)c1. The Labute approximate surface area is 109 Å². The lowest BCUT2D eigenvalue weighted by molar-refractivity contribution is 0.756. The van der Waals surface area contributed by atoms with Crippen LogP contribution in [0.15, 0.2) is 30.5 Å². The summed E-state index contributed by atoms with van der Waals surface area (Å²) >= 11 is 0. The summed E-state index contributed by atoms with van der Waals surface area (Å²) < 4.78 is 1.82. The highest BCUT2D eigenvalue weighted by Gasteiger charge is 2.14. The van der Waals surface area contributed by atoms with Crippen LogP contribution in [0.1, 0.15) is 41.8 Å². The van der Waals surface area contributed by atoms with Gasteiger partial charge < -0.3 is 5.73 Å². The van der Waals surface area contributed by atoms with Crippen molar-refractivity contribution in [2.24, 2.45) is 12.8 Å². The predicted octanol–water partition coefficient (Wildman–Crippen LogP) is 2.73. The zero-order chi connectivity index (χ0) is 13.1. The normalized spacial score (nSPS) is 12.7. The molecule has 1 aromatic carbocycles. The molecule has 3 heteroatoms. The smallest absolute Gasteiger partial charge is 0.0644 e. The molecule has 1 atom stereocenters. The molecule has 0 spiro atoms. The number of rotatable bonds is 4. The molecule has 0 aliphatic carbocycles. The maximum atomic E-state index is 6.34. The average molecular weight is 243 g/mol. The highest BCUT2D eigenvalue weighted by Crippen LogP contribution is 2.22. The summed E-state index contributed by atoms with van der Waals surface area (Å²) in [7, 11) is 1.93. The topological polar surface area (TPSA) is 43.8 Å². The Morgan fingerprint density at radius 2 is 2.17 bits per heavy atom. The third-order valence-electron chi connectivity index (χ3n) is 3.24. The number of benzene rings is 1. The van der Waals surface area contributed by atoms with Gasteiger partial charge in [-0.2, -0.15) is 5.10 Å². The maximum Gasteiger partial charge on any atom is 0.0644 e. The Kier molecular flexibility index (Phi) is 3.82. The largest absolute Gasteiger partial charge is 0.320 e. The lowest BCUT2D eigenvalue weighted by Crippen LogP contribution is -2.12. The van der Waals surface area contributed by atoms with Crippen molar-refractivity contribution in [3.8, 4) is 0 Å². The third-order valence-corrected chi connectivity index (χ3v) is 3.24. The summed E-state index contributed by atoms with van der Waals surface area (Å²) in [4.78, 5) is 0. The summed E-state index contributed by atoms with van der Waals surface area (Å²) in [5.41, 5.74) is 11.0. The summed E-state index contributed by atoms with van der Waals surface area (Å²) in [5.74, 6) is 0. The van der Waals surface area contributed by atoms with Crippen LogP contribution in [-0.4, -0.2) is 9.78 Å². The van der Waals surface area contributed by atoms with Crippen LogP contribution >= 0.6 is 0 Å². The Morgan fingerprint density at radius 3 is 2.78 bits per heavy atom. The van der Waals surface area contributed by atoms with Crippen LogP contribution in [0.25, 0.3) is 0 Å². The van der Waals surface area contributed by atoms with Crippen LogP contribution < -0.4 is 5.73 Å². The summed E-state index contributed by atoms with van der Waals surface area (Å²) in [6, 6.07) is 8.47. The van der Waals surface area contributed by atoms with E-state index < -0.39 is 0 Å². The first kappa shape index (κ1) is 12.8. The summed E-state index contributed by atoms with van der Waals surface area (Å²) in [6.45, 7) is 4.20. The van der Waals surface area contributed by atoms with Gasteiger partial charge in [-0.3, -0.25) is 4.68 Å². The van der Waals surface area contributed by atoms with Gasteiger partial charge in [0.05, 0.1) is 11.7 Å². The molecule has 96 valence electrons. The molecule has 1 unspecified atom stereocenters. The number of nitrogens with zero attached hydrogens (tertiary/aromatic N) is 2. The van der Waals surface area contributed by atoms with Crippen LogP contribution in [0, 0.1) is 6.92 Å². The second kappa shape index (κ2) is 5.36. The molecule has 0 saturated heterocycles. The van der Waals surface area contributed by atoms with Gasteiger partial charge in [-0.1, -0.05) is 37.6 Å². The van der Waals surface area contributed by atoms with Crippen molar-refractivity contribution in [2.75, 3.05) is 0 Å². The van der Waals surface area contributed by atoms with Crippen molar-refractivity contribution >= 4 is 0 Å². The molecular weight excluding hydrogens is 222 g/mol. The molecule has 2 rings (SSSR count). The minimum atomic E-state index is -0.0875. The Morgan fingerprint density at radius 1 is 1.39 bits per heavy atom. The summed E-state index contributed by atoms with van der Waals surface area (Å²) in [6.07, 6.45) is 4.27. The van der Waals surface area contributed by atoms with Gasteiger partial charge in [-0.25, -0.2) is 0 Å². The highest BCUT2D eigenvalue weighted by atomic mass is 15.2. The molecule has 0 saturated carbocycles. The number of hydrogen-bond acceptors (Lipinski definition) is 2. The first-order valence-electron chi connectivity index (χ1n) is 6.46. The number of aryl methyl sites for hydroxylation is 3. The Bertz CT molecular complexity index is 528. The fourth-order valence-electron chi connectivity index (χ4n) is 2.33. The van der Waals surface area contributed by atoms with Crippen LogP contribution in [-0.2, 0) is 13.5 Å². The van der Waals surface area contributed by atoms with E-state index in [0.717, 1.165) is 29.7 Å². The van der Waals surface area contributed by atoms with Gasteiger partial charge in [0.1, 0.15) is 0 Å². The molecular formula is C15H21N3. The van der Waals surface area contributed by atoms with Crippen molar-refractivity contribution in [1.29, 1.82) is 0 Å². The molecule has 1 aromatic heterocycles. The van der Waals surface area contributed by atoms with Gasteiger partial charge in [0.2, 0.25) is 0 Å². The van der Waals surface area contributed by atoms with Gasteiger partial charge in [-0.05, 0) is 24.5 Å². The van der Waals surface area contributed by atoms with E-state index in [1.807, 2.05) is 24.9 Å². The lowest BCUT2D eigenvalue weighted by atomic mass is 9.97. The monoisotopic (exact) mass is 243 g/mol. The minimum absolute atomic E-state index is 0.0875. The quantitative estimate of drug-likeness (QED) is 0.897. The molecule has 3 nitrogen and oxygen atoms in total. The van der Waals surface area contributed by atoms with Crippen LogP contribution in [0.5, 0.6) is 0 Å². The molecule has 2 aromatic rings. The number of aromatic nitrogens is 2.